The van der Waals surface area contributed by atoms with E-state index in [0.29, 0.717) is 38.8 Å². The lowest BCUT2D eigenvalue weighted by Gasteiger charge is -2.45. The van der Waals surface area contributed by atoms with Gasteiger partial charge in [0.1, 0.15) is 18.0 Å². The monoisotopic (exact) mass is 704 g/mol. The number of para-hydroxylation sites is 1. The van der Waals surface area contributed by atoms with Crippen LogP contribution in [0, 0.1) is 15.5 Å². The number of rotatable bonds is 7. The third-order valence-corrected chi connectivity index (χ3v) is 10.7. The van der Waals surface area contributed by atoms with Crippen LogP contribution < -0.4 is 4.74 Å². The van der Waals surface area contributed by atoms with E-state index in [2.05, 4.69) is 0 Å². The smallest absolute Gasteiger partial charge is 0.410 e. The van der Waals surface area contributed by atoms with Crippen molar-refractivity contribution < 1.29 is 47.0 Å². The van der Waals surface area contributed by atoms with E-state index >= 15 is 0 Å². The first-order valence-electron chi connectivity index (χ1n) is 16.1. The molecule has 2 heterocycles. The van der Waals surface area contributed by atoms with Gasteiger partial charge in [-0.15, -0.1) is 0 Å². The molecule has 1 N–H and O–H groups in total. The predicted octanol–water partition coefficient (Wildman–Crippen LogP) is 4.26. The quantitative estimate of drug-likeness (QED) is 0.321. The van der Waals surface area contributed by atoms with Crippen LogP contribution in [0.2, 0.25) is 0 Å². The minimum absolute atomic E-state index is 0.00605. The molecule has 268 valence electrons. The van der Waals surface area contributed by atoms with Crippen LogP contribution >= 0.6 is 0 Å². The lowest BCUT2D eigenvalue weighted by Crippen LogP contribution is -2.50. The number of piperidine rings is 1. The van der Waals surface area contributed by atoms with Gasteiger partial charge >= 0.3 is 12.1 Å². The molecule has 1 saturated heterocycles. The summed E-state index contributed by atoms with van der Waals surface area (Å²) >= 11 is 0. The van der Waals surface area contributed by atoms with Crippen molar-refractivity contribution >= 4 is 33.7 Å². The summed E-state index contributed by atoms with van der Waals surface area (Å²) in [6.07, 6.45) is 1.29. The molecule has 2 aromatic carbocycles. The molecule has 0 aromatic heterocycles. The number of benzene rings is 2. The van der Waals surface area contributed by atoms with Gasteiger partial charge in [-0.2, -0.15) is 4.31 Å². The van der Waals surface area contributed by atoms with Gasteiger partial charge in [0.05, 0.1) is 22.7 Å². The van der Waals surface area contributed by atoms with Crippen LogP contribution in [-0.4, -0.2) is 116 Å². The van der Waals surface area contributed by atoms with Crippen molar-refractivity contribution in [2.75, 3.05) is 59.6 Å². The van der Waals surface area contributed by atoms with Crippen LogP contribution in [0.3, 0.4) is 0 Å². The Labute approximate surface area is 285 Å². The summed E-state index contributed by atoms with van der Waals surface area (Å²) in [5.74, 6) is -1.66. The highest BCUT2D eigenvalue weighted by atomic mass is 32.2. The fraction of sp³-hybridized carbons (Fsp3) is 0.545. The van der Waals surface area contributed by atoms with E-state index in [1.54, 1.807) is 30.6 Å². The van der Waals surface area contributed by atoms with Crippen LogP contribution in [0.1, 0.15) is 67.2 Å². The average Bonchev–Trinajstić information content (AvgIpc) is 3.05. The van der Waals surface area contributed by atoms with Crippen LogP contribution in [0.5, 0.6) is 5.75 Å². The first-order chi connectivity index (χ1) is 23.1. The Bertz CT molecular complexity index is 1650. The van der Waals surface area contributed by atoms with E-state index in [-0.39, 0.29) is 56.3 Å². The second-order valence-corrected chi connectivity index (χ2v) is 15.2. The Hall–Kier alpha value is -4.28. The number of carboxylic acids is 1. The summed E-state index contributed by atoms with van der Waals surface area (Å²) in [6.45, 7) is 6.20. The molecule has 0 atom stereocenters. The maximum Gasteiger partial charge on any atom is 0.410 e. The van der Waals surface area contributed by atoms with Gasteiger partial charge in [-0.3, -0.25) is 14.9 Å². The zero-order valence-electron chi connectivity index (χ0n) is 28.3. The molecule has 2 aromatic rings. The number of aromatic carboxylic acids is 1. The third-order valence-electron chi connectivity index (χ3n) is 8.70. The molecule has 1 fully saturated rings. The molecule has 0 saturated carbocycles. The standard InChI is InChI=1S/C33H44N4O11S/c1-32(2,3)48-31(41)34-16-13-33(14-17-34)12-7-15-36(49(44,45)28-9-6-5-8-26(28)37(42)43)19-21-47-27-11-10-24(30(39)40)22-25(27)29(38)35(23-33)18-20-46-4/h5-6,8-11,22H,7,12-21,23H2,1-4H3,(H,39,40). The van der Waals surface area contributed by atoms with Gasteiger partial charge in [-0.05, 0) is 76.1 Å². The number of amides is 2. The summed E-state index contributed by atoms with van der Waals surface area (Å²) in [5, 5.41) is 21.5. The molecule has 2 aliphatic rings. The number of nitro benzene ring substituents is 1. The van der Waals surface area contributed by atoms with E-state index in [1.807, 2.05) is 0 Å². The largest absolute Gasteiger partial charge is 0.491 e. The number of carboxylic acid groups (broad SMARTS) is 1. The van der Waals surface area contributed by atoms with Crippen molar-refractivity contribution in [3.8, 4) is 5.75 Å². The van der Waals surface area contributed by atoms with Gasteiger partial charge in [0.25, 0.3) is 11.6 Å². The molecule has 16 heteroatoms. The zero-order valence-corrected chi connectivity index (χ0v) is 29.1. The highest BCUT2D eigenvalue weighted by Crippen LogP contribution is 2.39. The Kier molecular flexibility index (Phi) is 11.9. The lowest BCUT2D eigenvalue weighted by molar-refractivity contribution is -0.387. The molecule has 4 rings (SSSR count). The van der Waals surface area contributed by atoms with Crippen molar-refractivity contribution in [1.82, 2.24) is 14.1 Å². The van der Waals surface area contributed by atoms with Crippen LogP contribution in [0.4, 0.5) is 10.5 Å². The van der Waals surface area contributed by atoms with E-state index in [1.165, 1.54) is 43.5 Å². The minimum atomic E-state index is -4.37. The number of fused-ring (bicyclic) bond motifs is 1. The Morgan fingerprint density at radius 3 is 2.39 bits per heavy atom. The molecule has 2 amide bonds. The Balaban J connectivity index is 1.75. The topological polar surface area (TPSA) is 186 Å². The van der Waals surface area contributed by atoms with Crippen molar-refractivity contribution in [3.63, 3.8) is 0 Å². The Morgan fingerprint density at radius 1 is 1.06 bits per heavy atom. The van der Waals surface area contributed by atoms with Crippen molar-refractivity contribution in [3.05, 3.63) is 63.7 Å². The molecule has 0 radical (unpaired) electrons. The van der Waals surface area contributed by atoms with Gasteiger partial charge in [0.15, 0.2) is 4.90 Å². The van der Waals surface area contributed by atoms with E-state index in [9.17, 15) is 38.0 Å². The fourth-order valence-corrected chi connectivity index (χ4v) is 7.79. The fourth-order valence-electron chi connectivity index (χ4n) is 6.17. The number of nitrogens with zero attached hydrogens (tertiary/aromatic N) is 4. The molecular formula is C33H44N4O11S. The van der Waals surface area contributed by atoms with Gasteiger partial charge < -0.3 is 29.1 Å². The van der Waals surface area contributed by atoms with Crippen LogP contribution in [0.25, 0.3) is 0 Å². The molecule has 1 spiro atoms. The van der Waals surface area contributed by atoms with Gasteiger partial charge in [-0.1, -0.05) is 12.1 Å². The van der Waals surface area contributed by atoms with E-state index in [4.69, 9.17) is 14.2 Å². The molecule has 49 heavy (non-hydrogen) atoms. The molecule has 15 nitrogen and oxygen atoms in total. The second-order valence-electron chi connectivity index (χ2n) is 13.3. The first kappa shape index (κ1) is 37.5. The highest BCUT2D eigenvalue weighted by Gasteiger charge is 2.41. The third kappa shape index (κ3) is 9.25. The predicted molar refractivity (Wildman–Crippen MR) is 177 cm³/mol. The summed E-state index contributed by atoms with van der Waals surface area (Å²) < 4.78 is 45.9. The number of likely N-dealkylation sites (tertiary alicyclic amines) is 1. The van der Waals surface area contributed by atoms with E-state index < -0.39 is 54.5 Å². The van der Waals surface area contributed by atoms with E-state index in [0.717, 1.165) is 10.4 Å². The van der Waals surface area contributed by atoms with Crippen LogP contribution in [-0.2, 0) is 19.5 Å². The average molecular weight is 705 g/mol. The number of carbonyl (C=O) groups excluding carboxylic acids is 2. The SMILES string of the molecule is COCCN1CC2(CCCN(S(=O)(=O)c3ccccc3[N+](=O)[O-])CCOc3ccc(C(=O)O)cc3C1=O)CCN(C(=O)OC(C)(C)C)CC2. The number of hydrogen-bond donors (Lipinski definition) is 1. The molecular weight excluding hydrogens is 660 g/mol. The van der Waals surface area contributed by atoms with Crippen molar-refractivity contribution in [2.45, 2.75) is 57.0 Å². The maximum absolute atomic E-state index is 14.2. The number of carbonyl (C=O) groups is 3. The number of sulfonamides is 1. The summed E-state index contributed by atoms with van der Waals surface area (Å²) in [7, 11) is -2.87. The molecule has 0 unspecified atom stereocenters. The van der Waals surface area contributed by atoms with Crippen molar-refractivity contribution in [1.29, 1.82) is 0 Å². The minimum Gasteiger partial charge on any atom is -0.491 e. The second kappa shape index (κ2) is 15.5. The van der Waals surface area contributed by atoms with Gasteiger partial charge in [-0.25, -0.2) is 18.0 Å². The number of nitro groups is 1. The molecule has 2 aliphatic heterocycles. The van der Waals surface area contributed by atoms with Gasteiger partial charge in [0.2, 0.25) is 10.0 Å². The van der Waals surface area contributed by atoms with Gasteiger partial charge in [0, 0.05) is 52.4 Å². The Morgan fingerprint density at radius 2 is 1.76 bits per heavy atom. The highest BCUT2D eigenvalue weighted by molar-refractivity contribution is 7.89. The number of methoxy groups -OCH3 is 1. The zero-order chi connectivity index (χ0) is 36.0. The summed E-state index contributed by atoms with van der Waals surface area (Å²) in [5.41, 5.74) is -1.95. The normalized spacial score (nSPS) is 18.0. The molecule has 0 bridgehead atoms. The first-order valence-corrected chi connectivity index (χ1v) is 17.5. The lowest BCUT2D eigenvalue weighted by atomic mass is 9.74. The molecule has 0 aliphatic carbocycles. The summed E-state index contributed by atoms with van der Waals surface area (Å²) in [4.78, 5) is 52.8. The number of ether oxygens (including phenoxy) is 3. The summed E-state index contributed by atoms with van der Waals surface area (Å²) in [6, 6.07) is 9.03. The van der Waals surface area contributed by atoms with Crippen LogP contribution in [0.15, 0.2) is 47.4 Å². The van der Waals surface area contributed by atoms with Crippen molar-refractivity contribution in [2.24, 2.45) is 5.41 Å². The maximum atomic E-state index is 14.2. The number of hydrogen-bond acceptors (Lipinski definition) is 10.